The number of rotatable bonds is 8. The fourth-order valence-electron chi connectivity index (χ4n) is 3.66. The summed E-state index contributed by atoms with van der Waals surface area (Å²) in [6.45, 7) is 0.362. The molecule has 0 aliphatic heterocycles. The third kappa shape index (κ3) is 4.75. The third-order valence-electron chi connectivity index (χ3n) is 5.46. The van der Waals surface area contributed by atoms with Crippen molar-refractivity contribution >= 4 is 27.5 Å². The van der Waals surface area contributed by atoms with Gasteiger partial charge in [-0.15, -0.1) is 11.3 Å². The van der Waals surface area contributed by atoms with Gasteiger partial charge in [0.2, 0.25) is 0 Å². The first-order chi connectivity index (χ1) is 16.0. The Morgan fingerprint density at radius 2 is 1.73 bits per heavy atom. The number of hydrogen-bond acceptors (Lipinski definition) is 6. The van der Waals surface area contributed by atoms with Crippen molar-refractivity contribution in [3.63, 3.8) is 0 Å². The zero-order valence-corrected chi connectivity index (χ0v) is 19.3. The molecule has 0 fully saturated rings. The van der Waals surface area contributed by atoms with Gasteiger partial charge in [0, 0.05) is 12.4 Å². The first kappa shape index (κ1) is 22.5. The number of thiophene rings is 1. The van der Waals surface area contributed by atoms with Crippen LogP contribution < -0.4 is 16.0 Å². The van der Waals surface area contributed by atoms with Crippen molar-refractivity contribution < 1.29 is 14.3 Å². The number of ether oxygens (including phenoxy) is 2. The highest BCUT2D eigenvalue weighted by Crippen LogP contribution is 2.22. The number of methoxy groups -OCH3 is 1. The largest absolute Gasteiger partial charge is 0.497 e. The second-order valence-corrected chi connectivity index (χ2v) is 8.49. The number of aromatic nitrogens is 2. The van der Waals surface area contributed by atoms with Gasteiger partial charge >= 0.3 is 11.7 Å². The summed E-state index contributed by atoms with van der Waals surface area (Å²) >= 11 is 1.19. The van der Waals surface area contributed by atoms with Crippen LogP contribution in [0.4, 0.5) is 0 Å². The molecule has 0 saturated heterocycles. The van der Waals surface area contributed by atoms with Gasteiger partial charge in [-0.05, 0) is 36.1 Å². The van der Waals surface area contributed by atoms with Crippen LogP contribution in [0, 0.1) is 0 Å². The van der Waals surface area contributed by atoms with Gasteiger partial charge in [-0.2, -0.15) is 0 Å². The van der Waals surface area contributed by atoms with Crippen LogP contribution >= 0.6 is 11.3 Å². The van der Waals surface area contributed by atoms with E-state index < -0.39 is 17.2 Å². The summed E-state index contributed by atoms with van der Waals surface area (Å²) in [6, 6.07) is 17.0. The Morgan fingerprint density at radius 1 is 1.00 bits per heavy atom. The van der Waals surface area contributed by atoms with E-state index in [9.17, 15) is 14.4 Å². The number of fused-ring (bicyclic) bond motifs is 1. The van der Waals surface area contributed by atoms with Gasteiger partial charge in [-0.25, -0.2) is 9.59 Å². The number of carbonyl (C=O) groups is 1. The van der Waals surface area contributed by atoms with E-state index >= 15 is 0 Å². The predicted octanol–water partition coefficient (Wildman–Crippen LogP) is 3.61. The van der Waals surface area contributed by atoms with Gasteiger partial charge in [0.25, 0.3) is 5.56 Å². The molecule has 0 N–H and O–H groups in total. The minimum absolute atomic E-state index is 0.133. The first-order valence-electron chi connectivity index (χ1n) is 10.5. The van der Waals surface area contributed by atoms with Crippen molar-refractivity contribution in [1.29, 1.82) is 0 Å². The monoisotopic (exact) mass is 464 g/mol. The molecule has 0 atom stereocenters. The quantitative estimate of drug-likeness (QED) is 0.294. The summed E-state index contributed by atoms with van der Waals surface area (Å²) in [6.07, 6.45) is 1.40. The Labute approximate surface area is 194 Å². The highest BCUT2D eigenvalue weighted by molar-refractivity contribution is 7.17. The summed E-state index contributed by atoms with van der Waals surface area (Å²) in [4.78, 5) is 39.2. The Hall–Kier alpha value is -3.65. The third-order valence-corrected chi connectivity index (χ3v) is 6.51. The smallest absolute Gasteiger partial charge is 0.339 e. The molecule has 0 amide bonds. The van der Waals surface area contributed by atoms with Crippen LogP contribution in [0.5, 0.6) is 5.75 Å². The van der Waals surface area contributed by atoms with Crippen LogP contribution in [0.25, 0.3) is 10.2 Å². The van der Waals surface area contributed by atoms with E-state index in [0.717, 1.165) is 27.9 Å². The summed E-state index contributed by atoms with van der Waals surface area (Å²) in [7, 11) is 3.23. The number of nitrogens with zero attached hydrogens (tertiary/aromatic N) is 2. The minimum Gasteiger partial charge on any atom is -0.497 e. The van der Waals surface area contributed by atoms with Crippen LogP contribution in [-0.4, -0.2) is 28.8 Å². The van der Waals surface area contributed by atoms with Gasteiger partial charge in [0.05, 0.1) is 31.2 Å². The van der Waals surface area contributed by atoms with Crippen LogP contribution in [0.3, 0.4) is 0 Å². The molecule has 0 unspecified atom stereocenters. The number of carbonyl (C=O) groups excluding carboxylic acids is 1. The van der Waals surface area contributed by atoms with Gasteiger partial charge < -0.3 is 9.47 Å². The highest BCUT2D eigenvalue weighted by atomic mass is 32.1. The van der Waals surface area contributed by atoms with E-state index in [-0.39, 0.29) is 24.1 Å². The Kier molecular flexibility index (Phi) is 6.74. The summed E-state index contributed by atoms with van der Waals surface area (Å²) in [5.74, 6) is 0.236. The van der Waals surface area contributed by atoms with E-state index in [1.54, 1.807) is 19.5 Å². The normalized spacial score (nSPS) is 11.0. The molecule has 4 aromatic rings. The van der Waals surface area contributed by atoms with E-state index in [1.165, 1.54) is 15.9 Å². The standard InChI is InChI=1S/C25H24N2O5S/c1-26-23-21(22(28)27(25(26)30)15-18-7-4-3-5-8-18)20(16-33-23)24(29)32-14-6-9-17-10-12-19(31-2)13-11-17/h3-5,7-8,10-13,16H,6,9,14-15H2,1-2H3. The molecule has 0 bridgehead atoms. The number of benzene rings is 2. The Morgan fingerprint density at radius 3 is 2.42 bits per heavy atom. The maximum Gasteiger partial charge on any atom is 0.339 e. The summed E-state index contributed by atoms with van der Waals surface area (Å²) in [5, 5.41) is 1.81. The number of hydrogen-bond donors (Lipinski definition) is 0. The van der Waals surface area contributed by atoms with Crippen molar-refractivity contribution in [2.75, 3.05) is 13.7 Å². The van der Waals surface area contributed by atoms with Crippen LogP contribution in [0.1, 0.15) is 27.9 Å². The van der Waals surface area contributed by atoms with Crippen molar-refractivity contribution in [2.24, 2.45) is 7.05 Å². The molecule has 7 nitrogen and oxygen atoms in total. The van der Waals surface area contributed by atoms with E-state index in [2.05, 4.69) is 0 Å². The van der Waals surface area contributed by atoms with Crippen molar-refractivity contribution in [1.82, 2.24) is 9.13 Å². The number of esters is 1. The van der Waals surface area contributed by atoms with E-state index in [4.69, 9.17) is 9.47 Å². The van der Waals surface area contributed by atoms with Crippen LogP contribution in [0.2, 0.25) is 0 Å². The van der Waals surface area contributed by atoms with Crippen molar-refractivity contribution in [3.8, 4) is 5.75 Å². The lowest BCUT2D eigenvalue weighted by atomic mass is 10.1. The molecule has 0 saturated carbocycles. The molecule has 0 aliphatic rings. The lowest BCUT2D eigenvalue weighted by Crippen LogP contribution is -2.39. The highest BCUT2D eigenvalue weighted by Gasteiger charge is 2.21. The van der Waals surface area contributed by atoms with E-state index in [0.29, 0.717) is 11.3 Å². The minimum atomic E-state index is -0.557. The van der Waals surface area contributed by atoms with Gasteiger partial charge in [-0.1, -0.05) is 42.5 Å². The van der Waals surface area contributed by atoms with Crippen molar-refractivity contribution in [3.05, 3.63) is 97.5 Å². The molecular weight excluding hydrogens is 440 g/mol. The van der Waals surface area contributed by atoms with Gasteiger partial charge in [0.1, 0.15) is 10.6 Å². The fraction of sp³-hybridized carbons (Fsp3) is 0.240. The summed E-state index contributed by atoms with van der Waals surface area (Å²) in [5.41, 5.74) is 1.24. The average molecular weight is 465 g/mol. The lowest BCUT2D eigenvalue weighted by Gasteiger charge is -2.09. The molecule has 8 heteroatoms. The molecular formula is C25H24N2O5S. The molecule has 4 rings (SSSR count). The maximum absolute atomic E-state index is 13.2. The number of aryl methyl sites for hydroxylation is 2. The van der Waals surface area contributed by atoms with E-state index in [1.807, 2.05) is 54.6 Å². The molecule has 0 aliphatic carbocycles. The molecule has 0 spiro atoms. The zero-order chi connectivity index (χ0) is 23.4. The average Bonchev–Trinajstić information content (AvgIpc) is 3.30. The molecule has 2 aromatic heterocycles. The predicted molar refractivity (Wildman–Crippen MR) is 128 cm³/mol. The lowest BCUT2D eigenvalue weighted by molar-refractivity contribution is 0.0503. The molecule has 0 radical (unpaired) electrons. The topological polar surface area (TPSA) is 79.5 Å². The van der Waals surface area contributed by atoms with Crippen LogP contribution in [0.15, 0.2) is 69.6 Å². The van der Waals surface area contributed by atoms with Gasteiger partial charge in [0.15, 0.2) is 0 Å². The Bertz CT molecular complexity index is 1380. The second-order valence-electron chi connectivity index (χ2n) is 7.64. The van der Waals surface area contributed by atoms with Gasteiger partial charge in [-0.3, -0.25) is 13.9 Å². The SMILES string of the molecule is COc1ccc(CCCOC(=O)c2csc3c2c(=O)n(Cc2ccccc2)c(=O)n3C)cc1. The second kappa shape index (κ2) is 9.87. The van der Waals surface area contributed by atoms with Crippen molar-refractivity contribution in [2.45, 2.75) is 19.4 Å². The Balaban J connectivity index is 1.51. The zero-order valence-electron chi connectivity index (χ0n) is 18.4. The first-order valence-corrected chi connectivity index (χ1v) is 11.4. The molecule has 2 heterocycles. The molecule has 2 aromatic carbocycles. The van der Waals surface area contributed by atoms with Crippen LogP contribution in [-0.2, 0) is 24.8 Å². The molecule has 33 heavy (non-hydrogen) atoms. The fourth-order valence-corrected chi connectivity index (χ4v) is 4.65. The summed E-state index contributed by atoms with van der Waals surface area (Å²) < 4.78 is 13.2. The maximum atomic E-state index is 13.2. The molecule has 170 valence electrons.